The first-order valence-electron chi connectivity index (χ1n) is 9.23. The van der Waals surface area contributed by atoms with Crippen LogP contribution in [0.25, 0.3) is 0 Å². The molecule has 2 aromatic carbocycles. The molecule has 0 saturated heterocycles. The molecule has 1 aliphatic rings. The van der Waals surface area contributed by atoms with Crippen molar-refractivity contribution in [1.82, 2.24) is 4.72 Å². The van der Waals surface area contributed by atoms with Crippen LogP contribution in [0.4, 0.5) is 16.2 Å². The van der Waals surface area contributed by atoms with Gasteiger partial charge in [-0.15, -0.1) is 0 Å². The summed E-state index contributed by atoms with van der Waals surface area (Å²) in [5.41, 5.74) is -0.111. The number of nitrogens with zero attached hydrogens (tertiary/aromatic N) is 2. The molecule has 2 unspecified atom stereocenters. The third kappa shape index (κ3) is 5.67. The number of carbonyl (C=O) groups excluding carboxylic acids is 1. The maximum absolute atomic E-state index is 12.2. The van der Waals surface area contributed by atoms with Crippen LogP contribution in [0.15, 0.2) is 53.4 Å². The van der Waals surface area contributed by atoms with E-state index >= 15 is 0 Å². The number of benzene rings is 2. The summed E-state index contributed by atoms with van der Waals surface area (Å²) in [6, 6.07) is 11.3. The van der Waals surface area contributed by atoms with Gasteiger partial charge in [-0.3, -0.25) is 25.0 Å². The molecule has 0 aliphatic heterocycles. The molecular weight excluding hydrogens is 414 g/mol. The number of carbonyl (C=O) groups is 1. The molecule has 2 aromatic rings. The standard InChI is InChI=1S/C19H19N3O7S/c23-19(28-14-11-9-13(10-12-14)21(24)25)29-17-7-3-1-5-15(17)20-30-18-8-4-2-6-16(18)22(26)27/h2,4,6,8-12,15,17,20H,1,3,5,7H2. The third-order valence-electron chi connectivity index (χ3n) is 4.58. The molecule has 0 amide bonds. The van der Waals surface area contributed by atoms with Gasteiger partial charge in [-0.1, -0.05) is 18.6 Å². The van der Waals surface area contributed by atoms with Gasteiger partial charge in [0.1, 0.15) is 16.7 Å². The van der Waals surface area contributed by atoms with Crippen LogP contribution < -0.4 is 9.46 Å². The Morgan fingerprint density at radius 2 is 1.70 bits per heavy atom. The van der Waals surface area contributed by atoms with Gasteiger partial charge in [0.2, 0.25) is 0 Å². The molecule has 2 atom stereocenters. The number of non-ortho nitro benzene ring substituents is 1. The smallest absolute Gasteiger partial charge is 0.429 e. The molecule has 0 bridgehead atoms. The quantitative estimate of drug-likeness (QED) is 0.218. The first-order chi connectivity index (χ1) is 14.4. The van der Waals surface area contributed by atoms with Crippen molar-refractivity contribution in [1.29, 1.82) is 0 Å². The van der Waals surface area contributed by atoms with Crippen molar-refractivity contribution in [3.05, 3.63) is 68.8 Å². The highest BCUT2D eigenvalue weighted by Crippen LogP contribution is 2.30. The van der Waals surface area contributed by atoms with Crippen LogP contribution in [0.3, 0.4) is 0 Å². The van der Waals surface area contributed by atoms with E-state index in [-0.39, 0.29) is 23.2 Å². The number of hydrogen-bond acceptors (Lipinski definition) is 9. The molecule has 1 N–H and O–H groups in total. The summed E-state index contributed by atoms with van der Waals surface area (Å²) >= 11 is 1.13. The largest absolute Gasteiger partial charge is 0.514 e. The molecule has 0 heterocycles. The first-order valence-corrected chi connectivity index (χ1v) is 10.0. The van der Waals surface area contributed by atoms with Gasteiger partial charge in [-0.25, -0.2) is 4.79 Å². The number of ether oxygens (including phenoxy) is 2. The lowest BCUT2D eigenvalue weighted by Gasteiger charge is -2.30. The molecule has 11 heteroatoms. The Hall–Kier alpha value is -3.18. The van der Waals surface area contributed by atoms with E-state index in [1.165, 1.54) is 30.3 Å². The predicted octanol–water partition coefficient (Wildman–Crippen LogP) is 4.63. The number of nitrogens with one attached hydrogen (secondary N) is 1. The molecule has 0 aromatic heterocycles. The zero-order chi connectivity index (χ0) is 21.5. The van der Waals surface area contributed by atoms with Crippen LogP contribution in [0.2, 0.25) is 0 Å². The van der Waals surface area contributed by atoms with Crippen LogP contribution >= 0.6 is 11.9 Å². The number of para-hydroxylation sites is 1. The summed E-state index contributed by atoms with van der Waals surface area (Å²) in [7, 11) is 0. The van der Waals surface area contributed by atoms with Gasteiger partial charge >= 0.3 is 6.16 Å². The number of rotatable bonds is 7. The van der Waals surface area contributed by atoms with Gasteiger partial charge in [0.05, 0.1) is 15.9 Å². The summed E-state index contributed by atoms with van der Waals surface area (Å²) < 4.78 is 13.7. The van der Waals surface area contributed by atoms with Crippen LogP contribution in [-0.4, -0.2) is 28.1 Å². The second-order valence-electron chi connectivity index (χ2n) is 6.60. The summed E-state index contributed by atoms with van der Waals surface area (Å²) in [6.45, 7) is 0. The van der Waals surface area contributed by atoms with E-state index in [0.717, 1.165) is 31.2 Å². The Balaban J connectivity index is 1.58. The van der Waals surface area contributed by atoms with E-state index in [1.807, 2.05) is 0 Å². The molecular formula is C19H19N3O7S. The van der Waals surface area contributed by atoms with E-state index in [9.17, 15) is 25.0 Å². The van der Waals surface area contributed by atoms with Crippen LogP contribution in [0.5, 0.6) is 5.75 Å². The van der Waals surface area contributed by atoms with Crippen LogP contribution in [0.1, 0.15) is 25.7 Å². The van der Waals surface area contributed by atoms with Gasteiger partial charge in [0, 0.05) is 18.2 Å². The number of hydrogen-bond donors (Lipinski definition) is 1. The van der Waals surface area contributed by atoms with Gasteiger partial charge in [0.15, 0.2) is 0 Å². The average Bonchev–Trinajstić information content (AvgIpc) is 2.73. The first kappa shape index (κ1) is 21.5. The fourth-order valence-corrected chi connectivity index (χ4v) is 4.03. The lowest BCUT2D eigenvalue weighted by atomic mass is 9.93. The van der Waals surface area contributed by atoms with Crippen molar-refractivity contribution < 1.29 is 24.1 Å². The third-order valence-corrected chi connectivity index (χ3v) is 5.57. The summed E-state index contributed by atoms with van der Waals surface area (Å²) in [6.07, 6.45) is 1.82. The highest BCUT2D eigenvalue weighted by Gasteiger charge is 2.30. The highest BCUT2D eigenvalue weighted by molar-refractivity contribution is 7.97. The van der Waals surface area contributed by atoms with Crippen molar-refractivity contribution in [2.75, 3.05) is 0 Å². The molecule has 30 heavy (non-hydrogen) atoms. The molecule has 3 rings (SSSR count). The van der Waals surface area contributed by atoms with Gasteiger partial charge < -0.3 is 9.47 Å². The minimum Gasteiger partial charge on any atom is -0.429 e. The highest BCUT2D eigenvalue weighted by atomic mass is 32.2. The predicted molar refractivity (Wildman–Crippen MR) is 108 cm³/mol. The Kier molecular flexibility index (Phi) is 7.20. The molecule has 1 fully saturated rings. The molecule has 0 spiro atoms. The Morgan fingerprint density at radius 3 is 2.40 bits per heavy atom. The molecule has 0 radical (unpaired) electrons. The molecule has 158 valence electrons. The van der Waals surface area contributed by atoms with Gasteiger partial charge in [-0.2, -0.15) is 0 Å². The zero-order valence-corrected chi connectivity index (χ0v) is 16.6. The maximum Gasteiger partial charge on any atom is 0.514 e. The maximum atomic E-state index is 12.2. The molecule has 1 aliphatic carbocycles. The minimum atomic E-state index is -0.904. The SMILES string of the molecule is O=C(Oc1ccc([N+](=O)[O-])cc1)OC1CCCCC1NSc1ccccc1[N+](=O)[O-]. The number of nitro benzene ring substituents is 2. The monoisotopic (exact) mass is 433 g/mol. The van der Waals surface area contributed by atoms with Crippen molar-refractivity contribution in [2.24, 2.45) is 0 Å². The molecule has 1 saturated carbocycles. The Bertz CT molecular complexity index is 923. The fourth-order valence-electron chi connectivity index (χ4n) is 3.09. The minimum absolute atomic E-state index is 0.000795. The second-order valence-corrected chi connectivity index (χ2v) is 7.47. The van der Waals surface area contributed by atoms with Crippen LogP contribution in [0, 0.1) is 20.2 Å². The number of nitro groups is 2. The van der Waals surface area contributed by atoms with Crippen LogP contribution in [-0.2, 0) is 4.74 Å². The van der Waals surface area contributed by atoms with Crippen molar-refractivity contribution >= 4 is 29.5 Å². The Morgan fingerprint density at radius 1 is 1.00 bits per heavy atom. The fraction of sp³-hybridized carbons (Fsp3) is 0.316. The lowest BCUT2D eigenvalue weighted by molar-refractivity contribution is -0.387. The van der Waals surface area contributed by atoms with E-state index in [2.05, 4.69) is 4.72 Å². The summed E-state index contributed by atoms with van der Waals surface area (Å²) in [5.74, 6) is 0.139. The summed E-state index contributed by atoms with van der Waals surface area (Å²) in [4.78, 5) is 33.5. The topological polar surface area (TPSA) is 134 Å². The van der Waals surface area contributed by atoms with Crippen molar-refractivity contribution in [3.63, 3.8) is 0 Å². The van der Waals surface area contributed by atoms with Crippen molar-refractivity contribution in [2.45, 2.75) is 42.7 Å². The van der Waals surface area contributed by atoms with E-state index in [4.69, 9.17) is 9.47 Å². The molecule has 10 nitrogen and oxygen atoms in total. The average molecular weight is 433 g/mol. The van der Waals surface area contributed by atoms with Gasteiger partial charge in [0.25, 0.3) is 11.4 Å². The second kappa shape index (κ2) is 10.0. The van der Waals surface area contributed by atoms with Crippen molar-refractivity contribution in [3.8, 4) is 5.75 Å². The zero-order valence-electron chi connectivity index (χ0n) is 15.8. The van der Waals surface area contributed by atoms with E-state index in [1.54, 1.807) is 18.2 Å². The van der Waals surface area contributed by atoms with E-state index in [0.29, 0.717) is 11.3 Å². The Labute approximate surface area is 176 Å². The lowest BCUT2D eigenvalue weighted by Crippen LogP contribution is -2.42. The summed E-state index contributed by atoms with van der Waals surface area (Å²) in [5, 5.41) is 21.8. The van der Waals surface area contributed by atoms with E-state index < -0.39 is 22.1 Å². The van der Waals surface area contributed by atoms with Gasteiger partial charge in [-0.05, 0) is 49.4 Å². The normalized spacial score (nSPS) is 18.4.